The number of rotatable bonds is 3. The molecule has 0 bridgehead atoms. The summed E-state index contributed by atoms with van der Waals surface area (Å²) in [5.74, 6) is 0.694. The molecule has 0 atom stereocenters. The lowest BCUT2D eigenvalue weighted by molar-refractivity contribution is 0.941. The molecule has 18 heavy (non-hydrogen) atoms. The third-order valence-corrected chi connectivity index (χ3v) is 3.07. The second-order valence-corrected chi connectivity index (χ2v) is 4.33. The summed E-state index contributed by atoms with van der Waals surface area (Å²) in [5, 5.41) is 0. The summed E-state index contributed by atoms with van der Waals surface area (Å²) in [4.78, 5) is 10.8. The maximum atomic E-state index is 5.62. The van der Waals surface area contributed by atoms with Crippen molar-refractivity contribution in [2.24, 2.45) is 5.73 Å². The standard InChI is InChI=1S/C14H18N4/c1-10-6-4-5-7-13(10)18(3)14-16-9-12(8-15)11(2)17-14/h4-7,9H,8,15H2,1-3H3. The number of hydrogen-bond acceptors (Lipinski definition) is 4. The fourth-order valence-corrected chi connectivity index (χ4v) is 1.89. The Morgan fingerprint density at radius 2 is 1.94 bits per heavy atom. The molecular formula is C14H18N4. The van der Waals surface area contributed by atoms with Gasteiger partial charge in [-0.1, -0.05) is 18.2 Å². The summed E-state index contributed by atoms with van der Waals surface area (Å²) < 4.78 is 0. The Labute approximate surface area is 107 Å². The van der Waals surface area contributed by atoms with E-state index in [1.165, 1.54) is 5.56 Å². The van der Waals surface area contributed by atoms with Crippen LogP contribution in [0.25, 0.3) is 0 Å². The van der Waals surface area contributed by atoms with Crippen molar-refractivity contribution in [3.05, 3.63) is 47.3 Å². The van der Waals surface area contributed by atoms with Gasteiger partial charge in [-0.3, -0.25) is 0 Å². The van der Waals surface area contributed by atoms with Gasteiger partial charge < -0.3 is 10.6 Å². The number of nitrogens with zero attached hydrogens (tertiary/aromatic N) is 3. The lowest BCUT2D eigenvalue weighted by Crippen LogP contribution is -2.15. The molecule has 2 aromatic rings. The molecule has 0 aliphatic carbocycles. The van der Waals surface area contributed by atoms with Crippen LogP contribution in [-0.4, -0.2) is 17.0 Å². The summed E-state index contributed by atoms with van der Waals surface area (Å²) in [5.41, 5.74) is 9.84. The van der Waals surface area contributed by atoms with E-state index in [2.05, 4.69) is 29.0 Å². The molecule has 0 amide bonds. The van der Waals surface area contributed by atoms with Gasteiger partial charge in [-0.2, -0.15) is 0 Å². The smallest absolute Gasteiger partial charge is 0.229 e. The maximum absolute atomic E-state index is 5.62. The highest BCUT2D eigenvalue weighted by Crippen LogP contribution is 2.23. The fourth-order valence-electron chi connectivity index (χ4n) is 1.89. The van der Waals surface area contributed by atoms with Crippen LogP contribution in [0.2, 0.25) is 0 Å². The second kappa shape index (κ2) is 5.14. The minimum atomic E-state index is 0.472. The first-order valence-electron chi connectivity index (χ1n) is 5.95. The Kier molecular flexibility index (Phi) is 3.58. The monoisotopic (exact) mass is 242 g/mol. The van der Waals surface area contributed by atoms with Gasteiger partial charge in [0.15, 0.2) is 0 Å². The minimum Gasteiger partial charge on any atom is -0.326 e. The average molecular weight is 242 g/mol. The molecule has 0 spiro atoms. The first kappa shape index (κ1) is 12.5. The summed E-state index contributed by atoms with van der Waals surface area (Å²) in [7, 11) is 1.97. The van der Waals surface area contributed by atoms with Gasteiger partial charge in [-0.15, -0.1) is 0 Å². The summed E-state index contributed by atoms with van der Waals surface area (Å²) in [6.07, 6.45) is 1.80. The number of anilines is 2. The molecule has 4 heteroatoms. The Morgan fingerprint density at radius 3 is 2.56 bits per heavy atom. The highest BCUT2D eigenvalue weighted by Gasteiger charge is 2.10. The molecule has 94 valence electrons. The van der Waals surface area contributed by atoms with E-state index in [9.17, 15) is 0 Å². The van der Waals surface area contributed by atoms with Crippen molar-refractivity contribution in [3.63, 3.8) is 0 Å². The highest BCUT2D eigenvalue weighted by molar-refractivity contribution is 5.60. The predicted octanol–water partition coefficient (Wildman–Crippen LogP) is 2.32. The highest BCUT2D eigenvalue weighted by atomic mass is 15.2. The van der Waals surface area contributed by atoms with E-state index >= 15 is 0 Å². The first-order chi connectivity index (χ1) is 8.63. The number of aromatic nitrogens is 2. The lowest BCUT2D eigenvalue weighted by Gasteiger charge is -2.20. The lowest BCUT2D eigenvalue weighted by atomic mass is 10.2. The molecule has 0 radical (unpaired) electrons. The molecule has 0 aliphatic heterocycles. The quantitative estimate of drug-likeness (QED) is 0.897. The van der Waals surface area contributed by atoms with Crippen LogP contribution < -0.4 is 10.6 Å². The number of benzene rings is 1. The van der Waals surface area contributed by atoms with Crippen molar-refractivity contribution in [1.82, 2.24) is 9.97 Å². The number of aryl methyl sites for hydroxylation is 2. The van der Waals surface area contributed by atoms with Gasteiger partial charge >= 0.3 is 0 Å². The summed E-state index contributed by atoms with van der Waals surface area (Å²) in [6.45, 7) is 4.51. The molecule has 1 heterocycles. The summed E-state index contributed by atoms with van der Waals surface area (Å²) in [6, 6.07) is 8.17. The van der Waals surface area contributed by atoms with E-state index in [1.54, 1.807) is 6.20 Å². The predicted molar refractivity (Wildman–Crippen MR) is 73.9 cm³/mol. The van der Waals surface area contributed by atoms with Gasteiger partial charge in [-0.05, 0) is 25.5 Å². The van der Waals surface area contributed by atoms with Gasteiger partial charge in [0.25, 0.3) is 0 Å². The Hall–Kier alpha value is -1.94. The zero-order valence-electron chi connectivity index (χ0n) is 11.0. The van der Waals surface area contributed by atoms with Crippen LogP contribution in [0.15, 0.2) is 30.5 Å². The molecule has 2 N–H and O–H groups in total. The Morgan fingerprint density at radius 1 is 1.22 bits per heavy atom. The van der Waals surface area contributed by atoms with Crippen LogP contribution in [0.4, 0.5) is 11.6 Å². The normalized spacial score (nSPS) is 10.4. The first-order valence-corrected chi connectivity index (χ1v) is 5.95. The van der Waals surface area contributed by atoms with Crippen LogP contribution in [0.5, 0.6) is 0 Å². The number of nitrogens with two attached hydrogens (primary N) is 1. The molecule has 0 saturated heterocycles. The number of para-hydroxylation sites is 1. The SMILES string of the molecule is Cc1ccccc1N(C)c1ncc(CN)c(C)n1. The van der Waals surface area contributed by atoms with Crippen molar-refractivity contribution < 1.29 is 0 Å². The largest absolute Gasteiger partial charge is 0.326 e. The average Bonchev–Trinajstić information content (AvgIpc) is 2.38. The Bertz CT molecular complexity index is 551. The van der Waals surface area contributed by atoms with Crippen molar-refractivity contribution >= 4 is 11.6 Å². The van der Waals surface area contributed by atoms with E-state index in [4.69, 9.17) is 5.73 Å². The molecule has 0 saturated carbocycles. The molecule has 0 unspecified atom stereocenters. The minimum absolute atomic E-state index is 0.472. The van der Waals surface area contributed by atoms with Crippen molar-refractivity contribution in [2.75, 3.05) is 11.9 Å². The van der Waals surface area contributed by atoms with E-state index in [-0.39, 0.29) is 0 Å². The fraction of sp³-hybridized carbons (Fsp3) is 0.286. The molecule has 0 fully saturated rings. The molecule has 2 rings (SSSR count). The molecular weight excluding hydrogens is 224 g/mol. The molecule has 1 aromatic heterocycles. The van der Waals surface area contributed by atoms with Crippen molar-refractivity contribution in [3.8, 4) is 0 Å². The number of hydrogen-bond donors (Lipinski definition) is 1. The van der Waals surface area contributed by atoms with Crippen molar-refractivity contribution in [2.45, 2.75) is 20.4 Å². The van der Waals surface area contributed by atoms with Crippen LogP contribution in [-0.2, 0) is 6.54 Å². The van der Waals surface area contributed by atoms with Crippen LogP contribution in [0.1, 0.15) is 16.8 Å². The molecule has 1 aromatic carbocycles. The van der Waals surface area contributed by atoms with Gasteiger partial charge in [0.05, 0.1) is 0 Å². The van der Waals surface area contributed by atoms with Gasteiger partial charge in [-0.25, -0.2) is 9.97 Å². The van der Waals surface area contributed by atoms with Crippen LogP contribution >= 0.6 is 0 Å². The third kappa shape index (κ3) is 2.33. The van der Waals surface area contributed by atoms with Gasteiger partial charge in [0.2, 0.25) is 5.95 Å². The summed E-state index contributed by atoms with van der Waals surface area (Å²) >= 11 is 0. The zero-order valence-corrected chi connectivity index (χ0v) is 11.0. The second-order valence-electron chi connectivity index (χ2n) is 4.33. The zero-order chi connectivity index (χ0) is 13.1. The van der Waals surface area contributed by atoms with Crippen LogP contribution in [0, 0.1) is 13.8 Å². The van der Waals surface area contributed by atoms with E-state index in [1.807, 2.05) is 31.0 Å². The maximum Gasteiger partial charge on any atom is 0.229 e. The Balaban J connectivity index is 2.37. The molecule has 0 aliphatic rings. The topological polar surface area (TPSA) is 55.0 Å². The van der Waals surface area contributed by atoms with Gasteiger partial charge in [0.1, 0.15) is 0 Å². The van der Waals surface area contributed by atoms with E-state index in [0.717, 1.165) is 16.9 Å². The third-order valence-electron chi connectivity index (χ3n) is 3.07. The van der Waals surface area contributed by atoms with E-state index < -0.39 is 0 Å². The van der Waals surface area contributed by atoms with Gasteiger partial charge in [0, 0.05) is 36.7 Å². The van der Waals surface area contributed by atoms with Crippen LogP contribution in [0.3, 0.4) is 0 Å². The van der Waals surface area contributed by atoms with Crippen molar-refractivity contribution in [1.29, 1.82) is 0 Å². The molecule has 4 nitrogen and oxygen atoms in total. The van der Waals surface area contributed by atoms with E-state index in [0.29, 0.717) is 12.5 Å².